The molecule has 0 saturated heterocycles. The fraction of sp³-hybridized carbons (Fsp3) is 0.222. The van der Waals surface area contributed by atoms with Crippen molar-refractivity contribution in [2.75, 3.05) is 7.11 Å². The molecule has 4 N–H and O–H groups in total. The number of methoxy groups -OCH3 is 1. The summed E-state index contributed by atoms with van der Waals surface area (Å²) in [4.78, 5) is 10.5. The molecule has 0 aliphatic heterocycles. The van der Waals surface area contributed by atoms with Crippen LogP contribution in [0.1, 0.15) is 11.7 Å². The van der Waals surface area contributed by atoms with Crippen molar-refractivity contribution in [2.45, 2.75) is 6.10 Å². The second kappa shape index (κ2) is 4.05. The van der Waals surface area contributed by atoms with Crippen LogP contribution in [-0.4, -0.2) is 33.5 Å². The summed E-state index contributed by atoms with van der Waals surface area (Å²) in [7, 11) is 1.27. The monoisotopic (exact) mass is 214 g/mol. The summed E-state index contributed by atoms with van der Waals surface area (Å²) >= 11 is 0. The van der Waals surface area contributed by atoms with Crippen molar-refractivity contribution in [1.29, 1.82) is 0 Å². The first-order valence-electron chi connectivity index (χ1n) is 3.98. The zero-order chi connectivity index (χ0) is 11.6. The zero-order valence-electron chi connectivity index (χ0n) is 7.84. The van der Waals surface area contributed by atoms with Crippen LogP contribution in [0.15, 0.2) is 12.1 Å². The Morgan fingerprint density at radius 2 is 1.93 bits per heavy atom. The molecule has 0 bridgehead atoms. The maximum atomic E-state index is 10.5. The van der Waals surface area contributed by atoms with Gasteiger partial charge in [-0.15, -0.1) is 0 Å². The Bertz CT molecular complexity index is 386. The van der Waals surface area contributed by atoms with Crippen LogP contribution in [-0.2, 0) is 4.79 Å². The Balaban J connectivity index is 3.24. The summed E-state index contributed by atoms with van der Waals surface area (Å²) in [6.45, 7) is 0. The topological polar surface area (TPSA) is 107 Å². The first-order chi connectivity index (χ1) is 6.97. The van der Waals surface area contributed by atoms with E-state index in [1.807, 2.05) is 0 Å². The van der Waals surface area contributed by atoms with Crippen LogP contribution in [0.5, 0.6) is 17.2 Å². The van der Waals surface area contributed by atoms with Gasteiger partial charge in [-0.2, -0.15) is 0 Å². The summed E-state index contributed by atoms with van der Waals surface area (Å²) in [6.07, 6.45) is -1.86. The molecule has 1 atom stereocenters. The Morgan fingerprint density at radius 1 is 1.33 bits per heavy atom. The fourth-order valence-corrected chi connectivity index (χ4v) is 1.09. The number of carboxylic acid groups (broad SMARTS) is 1. The number of benzene rings is 1. The molecule has 1 aromatic rings. The third-order valence-electron chi connectivity index (χ3n) is 1.86. The molecule has 1 rings (SSSR count). The van der Waals surface area contributed by atoms with Crippen LogP contribution in [0.4, 0.5) is 0 Å². The first kappa shape index (κ1) is 11.1. The maximum absolute atomic E-state index is 10.5. The molecule has 82 valence electrons. The molecule has 1 unspecified atom stereocenters. The van der Waals surface area contributed by atoms with Gasteiger partial charge in [0.15, 0.2) is 17.6 Å². The minimum absolute atomic E-state index is 0.0249. The molecule has 0 aliphatic carbocycles. The van der Waals surface area contributed by atoms with Gasteiger partial charge in [-0.05, 0) is 6.07 Å². The molecule has 6 heteroatoms. The van der Waals surface area contributed by atoms with E-state index in [1.165, 1.54) is 7.11 Å². The van der Waals surface area contributed by atoms with E-state index in [-0.39, 0.29) is 17.1 Å². The minimum Gasteiger partial charge on any atom is -0.507 e. The highest BCUT2D eigenvalue weighted by Crippen LogP contribution is 2.36. The van der Waals surface area contributed by atoms with Crippen LogP contribution < -0.4 is 4.74 Å². The van der Waals surface area contributed by atoms with Gasteiger partial charge in [0.1, 0.15) is 5.75 Å². The smallest absolute Gasteiger partial charge is 0.337 e. The number of aliphatic hydroxyl groups is 1. The number of aromatic hydroxyl groups is 2. The molecule has 15 heavy (non-hydrogen) atoms. The maximum Gasteiger partial charge on any atom is 0.337 e. The molecule has 0 radical (unpaired) electrons. The molecule has 0 aliphatic rings. The Labute approximate surface area is 85.0 Å². The van der Waals surface area contributed by atoms with Crippen molar-refractivity contribution in [2.24, 2.45) is 0 Å². The molecule has 0 aromatic heterocycles. The van der Waals surface area contributed by atoms with Gasteiger partial charge in [-0.25, -0.2) is 4.79 Å². The number of carbonyl (C=O) groups is 1. The van der Waals surface area contributed by atoms with Crippen molar-refractivity contribution in [1.82, 2.24) is 0 Å². The van der Waals surface area contributed by atoms with Crippen LogP contribution in [0, 0.1) is 0 Å². The minimum atomic E-state index is -1.86. The number of hydrogen-bond acceptors (Lipinski definition) is 5. The summed E-state index contributed by atoms with van der Waals surface area (Å²) in [5.41, 5.74) is -0.239. The van der Waals surface area contributed by atoms with Crippen molar-refractivity contribution in [3.8, 4) is 17.2 Å². The van der Waals surface area contributed by atoms with E-state index in [9.17, 15) is 20.1 Å². The highest BCUT2D eigenvalue weighted by molar-refractivity contribution is 5.75. The van der Waals surface area contributed by atoms with Crippen LogP contribution in [0.3, 0.4) is 0 Å². The number of aliphatic carboxylic acids is 1. The van der Waals surface area contributed by atoms with Crippen molar-refractivity contribution < 1.29 is 30.0 Å². The van der Waals surface area contributed by atoms with E-state index in [2.05, 4.69) is 0 Å². The second-order valence-corrected chi connectivity index (χ2v) is 2.82. The van der Waals surface area contributed by atoms with Gasteiger partial charge in [-0.1, -0.05) is 0 Å². The molecule has 6 nitrogen and oxygen atoms in total. The number of aliphatic hydroxyl groups excluding tert-OH is 1. The lowest BCUT2D eigenvalue weighted by Crippen LogP contribution is -2.10. The average molecular weight is 214 g/mol. The normalized spacial score (nSPS) is 12.1. The SMILES string of the molecule is COc1cc(C(O)C(=O)O)c(O)cc1O. The van der Waals surface area contributed by atoms with E-state index in [1.54, 1.807) is 0 Å². The number of carboxylic acids is 1. The molecule has 0 heterocycles. The molecule has 0 saturated carbocycles. The van der Waals surface area contributed by atoms with Gasteiger partial charge in [0.25, 0.3) is 0 Å². The third kappa shape index (κ3) is 2.10. The molecule has 0 amide bonds. The quantitative estimate of drug-likeness (QED) is 0.573. The number of rotatable bonds is 3. The predicted octanol–water partition coefficient (Wildman–Crippen LogP) is 0.224. The zero-order valence-corrected chi connectivity index (χ0v) is 7.84. The molecule has 0 fully saturated rings. The lowest BCUT2D eigenvalue weighted by Gasteiger charge is -2.11. The highest BCUT2D eigenvalue weighted by Gasteiger charge is 2.21. The summed E-state index contributed by atoms with van der Waals surface area (Å²) in [5.74, 6) is -2.37. The molecular weight excluding hydrogens is 204 g/mol. The van der Waals surface area contributed by atoms with Crippen LogP contribution in [0.2, 0.25) is 0 Å². The number of phenols is 2. The lowest BCUT2D eigenvalue weighted by atomic mass is 10.1. The Morgan fingerprint density at radius 3 is 2.40 bits per heavy atom. The Kier molecular flexibility index (Phi) is 3.01. The van der Waals surface area contributed by atoms with E-state index in [0.29, 0.717) is 0 Å². The van der Waals surface area contributed by atoms with Crippen LogP contribution in [0.25, 0.3) is 0 Å². The van der Waals surface area contributed by atoms with Gasteiger partial charge in [0, 0.05) is 11.6 Å². The van der Waals surface area contributed by atoms with Gasteiger partial charge >= 0.3 is 5.97 Å². The van der Waals surface area contributed by atoms with Gasteiger partial charge < -0.3 is 25.2 Å². The fourth-order valence-electron chi connectivity index (χ4n) is 1.09. The van der Waals surface area contributed by atoms with Crippen molar-refractivity contribution in [3.05, 3.63) is 17.7 Å². The molecule has 0 spiro atoms. The summed E-state index contributed by atoms with van der Waals surface area (Å²) in [5, 5.41) is 36.2. The third-order valence-corrected chi connectivity index (χ3v) is 1.86. The second-order valence-electron chi connectivity index (χ2n) is 2.82. The Hall–Kier alpha value is -1.95. The molecule has 1 aromatic carbocycles. The largest absolute Gasteiger partial charge is 0.507 e. The van der Waals surface area contributed by atoms with E-state index >= 15 is 0 Å². The predicted molar refractivity (Wildman–Crippen MR) is 48.9 cm³/mol. The van der Waals surface area contributed by atoms with E-state index in [4.69, 9.17) is 9.84 Å². The highest BCUT2D eigenvalue weighted by atomic mass is 16.5. The number of ether oxygens (including phenoxy) is 1. The van der Waals surface area contributed by atoms with E-state index < -0.39 is 17.8 Å². The molecular formula is C9H10O6. The van der Waals surface area contributed by atoms with Gasteiger partial charge in [0.2, 0.25) is 0 Å². The standard InChI is InChI=1S/C9H10O6/c1-15-7-2-4(8(12)9(13)14)5(10)3-6(7)11/h2-3,8,10-12H,1H3,(H,13,14). The van der Waals surface area contributed by atoms with Gasteiger partial charge in [0.05, 0.1) is 7.11 Å². The van der Waals surface area contributed by atoms with E-state index in [0.717, 1.165) is 12.1 Å². The lowest BCUT2D eigenvalue weighted by molar-refractivity contribution is -0.147. The number of hydrogen-bond donors (Lipinski definition) is 4. The average Bonchev–Trinajstić information content (AvgIpc) is 2.17. The number of phenolic OH excluding ortho intramolecular Hbond substituents is 2. The van der Waals surface area contributed by atoms with Crippen LogP contribution >= 0.6 is 0 Å². The van der Waals surface area contributed by atoms with Crippen molar-refractivity contribution >= 4 is 5.97 Å². The first-order valence-corrected chi connectivity index (χ1v) is 3.98. The van der Waals surface area contributed by atoms with Crippen molar-refractivity contribution in [3.63, 3.8) is 0 Å². The van der Waals surface area contributed by atoms with Gasteiger partial charge in [-0.3, -0.25) is 0 Å². The summed E-state index contributed by atoms with van der Waals surface area (Å²) in [6, 6.07) is 1.96. The summed E-state index contributed by atoms with van der Waals surface area (Å²) < 4.78 is 4.71.